The largest absolute Gasteiger partial charge is 0.491 e. The van der Waals surface area contributed by atoms with Crippen molar-refractivity contribution in [3.63, 3.8) is 0 Å². The molecule has 1 N–H and O–H groups in total. The number of rotatable bonds is 14. The van der Waals surface area contributed by atoms with E-state index in [0.717, 1.165) is 43.8 Å². The SMILES string of the molecule is CCOCC(CCC12CCC(c3ccccc31)c1ccccc12)(COc1ccc(S(=O)(=O)Nc2ncns2)cc1C#N)CN(C)C. The zero-order valence-electron chi connectivity index (χ0n) is 26.4. The van der Waals surface area contributed by atoms with E-state index in [9.17, 15) is 13.7 Å². The number of ether oxygens (including phenoxy) is 2. The quantitative estimate of drug-likeness (QED) is 0.171. The van der Waals surface area contributed by atoms with Crippen molar-refractivity contribution in [3.8, 4) is 11.8 Å². The Labute approximate surface area is 275 Å². The number of sulfonamides is 1. The van der Waals surface area contributed by atoms with Gasteiger partial charge >= 0.3 is 0 Å². The molecule has 0 aliphatic heterocycles. The lowest BCUT2D eigenvalue weighted by molar-refractivity contribution is -0.00724. The molecule has 0 saturated heterocycles. The van der Waals surface area contributed by atoms with Gasteiger partial charge in [-0.25, -0.2) is 13.4 Å². The van der Waals surface area contributed by atoms with Gasteiger partial charge in [-0.3, -0.25) is 4.72 Å². The molecule has 1 aromatic heterocycles. The van der Waals surface area contributed by atoms with Crippen molar-refractivity contribution >= 4 is 26.7 Å². The summed E-state index contributed by atoms with van der Waals surface area (Å²) in [6.45, 7) is 4.08. The first-order chi connectivity index (χ1) is 22.2. The molecular formula is C35H39N5O4S2. The second-order valence-electron chi connectivity index (χ2n) is 12.6. The summed E-state index contributed by atoms with van der Waals surface area (Å²) >= 11 is 0.934. The van der Waals surface area contributed by atoms with Crippen LogP contribution in [0, 0.1) is 16.7 Å². The summed E-state index contributed by atoms with van der Waals surface area (Å²) in [6.07, 6.45) is 5.26. The van der Waals surface area contributed by atoms with Crippen LogP contribution in [-0.4, -0.2) is 63.1 Å². The van der Waals surface area contributed by atoms with Gasteiger partial charge < -0.3 is 14.4 Å². The lowest BCUT2D eigenvalue weighted by Crippen LogP contribution is -2.46. The number of nitrogens with zero attached hydrogens (tertiary/aromatic N) is 4. The van der Waals surface area contributed by atoms with Crippen molar-refractivity contribution in [3.05, 3.63) is 101 Å². The Hall–Kier alpha value is -3.82. The number of benzene rings is 3. The number of hydrogen-bond donors (Lipinski definition) is 1. The molecule has 1 atom stereocenters. The van der Waals surface area contributed by atoms with Crippen molar-refractivity contribution in [2.24, 2.45) is 5.41 Å². The monoisotopic (exact) mass is 657 g/mol. The highest BCUT2D eigenvalue weighted by atomic mass is 32.2. The maximum atomic E-state index is 13.0. The summed E-state index contributed by atoms with van der Waals surface area (Å²) in [6, 6.07) is 24.4. The second-order valence-corrected chi connectivity index (χ2v) is 15.1. The van der Waals surface area contributed by atoms with Crippen molar-refractivity contribution in [1.82, 2.24) is 14.3 Å². The number of hydrogen-bond acceptors (Lipinski definition) is 9. The highest BCUT2D eigenvalue weighted by molar-refractivity contribution is 7.93. The number of nitrogens with one attached hydrogen (secondary N) is 1. The highest BCUT2D eigenvalue weighted by Crippen LogP contribution is 2.58. The molecule has 3 aliphatic rings. The van der Waals surface area contributed by atoms with E-state index in [0.29, 0.717) is 31.5 Å². The van der Waals surface area contributed by atoms with E-state index in [1.165, 1.54) is 40.7 Å². The topological polar surface area (TPSA) is 117 Å². The van der Waals surface area contributed by atoms with Crippen LogP contribution in [0.15, 0.2) is 78.0 Å². The minimum atomic E-state index is -3.96. The molecule has 4 aromatic rings. The fourth-order valence-corrected chi connectivity index (χ4v) is 9.18. The molecule has 0 spiro atoms. The van der Waals surface area contributed by atoms with Gasteiger partial charge in [-0.2, -0.15) is 9.64 Å². The summed E-state index contributed by atoms with van der Waals surface area (Å²) in [7, 11) is 0.157. The third kappa shape index (κ3) is 6.15. The van der Waals surface area contributed by atoms with Gasteiger partial charge in [0.05, 0.1) is 23.7 Å². The zero-order valence-corrected chi connectivity index (χ0v) is 28.0. The molecule has 3 aromatic carbocycles. The van der Waals surface area contributed by atoms with Crippen LogP contribution in [0.25, 0.3) is 0 Å². The minimum Gasteiger partial charge on any atom is -0.491 e. The molecule has 1 heterocycles. The van der Waals surface area contributed by atoms with Gasteiger partial charge in [0.2, 0.25) is 5.13 Å². The van der Waals surface area contributed by atoms with Crippen LogP contribution in [0.2, 0.25) is 0 Å². The minimum absolute atomic E-state index is 0.0511. The average molecular weight is 658 g/mol. The van der Waals surface area contributed by atoms with Crippen LogP contribution < -0.4 is 9.46 Å². The summed E-state index contributed by atoms with van der Waals surface area (Å²) in [5.41, 5.74) is 5.41. The normalized spacial score (nSPS) is 19.6. The molecule has 240 valence electrons. The van der Waals surface area contributed by atoms with Gasteiger partial charge in [0, 0.05) is 41.4 Å². The smallest absolute Gasteiger partial charge is 0.263 e. The van der Waals surface area contributed by atoms with Gasteiger partial charge in [0.1, 0.15) is 18.1 Å². The van der Waals surface area contributed by atoms with Crippen molar-refractivity contribution in [2.75, 3.05) is 45.2 Å². The van der Waals surface area contributed by atoms with Gasteiger partial charge in [-0.05, 0) is 87.2 Å². The molecule has 0 saturated carbocycles. The van der Waals surface area contributed by atoms with Crippen LogP contribution in [0.5, 0.6) is 5.75 Å². The first-order valence-corrected chi connectivity index (χ1v) is 17.8. The molecule has 1 unspecified atom stereocenters. The number of fused-ring (bicyclic) bond motifs is 1. The average Bonchev–Trinajstić information content (AvgIpc) is 3.58. The Morgan fingerprint density at radius 2 is 1.80 bits per heavy atom. The van der Waals surface area contributed by atoms with E-state index in [-0.39, 0.29) is 21.0 Å². The Balaban J connectivity index is 1.30. The van der Waals surface area contributed by atoms with Gasteiger partial charge in [0.25, 0.3) is 10.0 Å². The summed E-state index contributed by atoms with van der Waals surface area (Å²) < 4.78 is 44.8. The van der Waals surface area contributed by atoms with Crippen LogP contribution in [0.4, 0.5) is 5.13 Å². The Morgan fingerprint density at radius 3 is 2.43 bits per heavy atom. The van der Waals surface area contributed by atoms with Crippen LogP contribution in [-0.2, 0) is 20.2 Å². The predicted octanol–water partition coefficient (Wildman–Crippen LogP) is 6.18. The van der Waals surface area contributed by atoms with E-state index in [1.807, 2.05) is 6.92 Å². The van der Waals surface area contributed by atoms with E-state index >= 15 is 0 Å². The standard InChI is InChI=1S/C35H39N5O4S2/c1-4-43-22-34(21-40(2)3,23-44-32-14-13-26(19-25(32)20-36)46(41,42)39-33-37-24-38-45-33)17-18-35-16-15-27(28-9-5-7-11-30(28)35)29-10-6-8-12-31(29)35/h5-14,19,24,27H,4,15-18,21-23H2,1-3H3,(H,37,38,39). The fraction of sp³-hybridized carbons (Fsp3) is 0.400. The van der Waals surface area contributed by atoms with E-state index < -0.39 is 15.4 Å². The van der Waals surface area contributed by atoms with Crippen LogP contribution in [0.1, 0.15) is 66.3 Å². The first kappa shape index (κ1) is 32.1. The maximum Gasteiger partial charge on any atom is 0.263 e. The van der Waals surface area contributed by atoms with Crippen LogP contribution >= 0.6 is 11.5 Å². The molecule has 11 heteroatoms. The third-order valence-corrected chi connectivity index (χ3v) is 11.5. The molecule has 3 aliphatic carbocycles. The van der Waals surface area contributed by atoms with E-state index in [2.05, 4.69) is 87.7 Å². The third-order valence-electron chi connectivity index (χ3n) is 9.41. The molecule has 2 bridgehead atoms. The molecule has 0 fully saturated rings. The summed E-state index contributed by atoms with van der Waals surface area (Å²) in [4.78, 5) is 6.01. The van der Waals surface area contributed by atoms with E-state index in [1.54, 1.807) is 6.07 Å². The second kappa shape index (κ2) is 13.1. The van der Waals surface area contributed by atoms with Crippen molar-refractivity contribution < 1.29 is 17.9 Å². The lowest BCUT2D eigenvalue weighted by Gasteiger charge is -2.51. The molecule has 0 amide bonds. The molecule has 46 heavy (non-hydrogen) atoms. The van der Waals surface area contributed by atoms with Gasteiger partial charge in [0.15, 0.2) is 0 Å². The highest BCUT2D eigenvalue weighted by Gasteiger charge is 2.49. The Bertz CT molecular complexity index is 1790. The number of anilines is 1. The van der Waals surface area contributed by atoms with Crippen molar-refractivity contribution in [1.29, 1.82) is 5.26 Å². The van der Waals surface area contributed by atoms with Gasteiger partial charge in [-0.1, -0.05) is 48.5 Å². The van der Waals surface area contributed by atoms with E-state index in [4.69, 9.17) is 9.47 Å². The number of aromatic nitrogens is 2. The predicted molar refractivity (Wildman–Crippen MR) is 179 cm³/mol. The van der Waals surface area contributed by atoms with Crippen LogP contribution in [0.3, 0.4) is 0 Å². The number of nitriles is 1. The van der Waals surface area contributed by atoms with Gasteiger partial charge in [-0.15, -0.1) is 0 Å². The molecule has 0 radical (unpaired) electrons. The first-order valence-electron chi connectivity index (χ1n) is 15.6. The molecule has 9 nitrogen and oxygen atoms in total. The molecular weight excluding hydrogens is 619 g/mol. The lowest BCUT2D eigenvalue weighted by atomic mass is 9.53. The fourth-order valence-electron chi connectivity index (χ4n) is 7.49. The van der Waals surface area contributed by atoms with Crippen molar-refractivity contribution in [2.45, 2.75) is 48.8 Å². The summed E-state index contributed by atoms with van der Waals surface area (Å²) in [5.74, 6) is 0.779. The Kier molecular flexibility index (Phi) is 9.17. The maximum absolute atomic E-state index is 13.0. The Morgan fingerprint density at radius 1 is 1.09 bits per heavy atom. The molecule has 7 rings (SSSR count). The zero-order chi connectivity index (χ0) is 32.4. The summed E-state index contributed by atoms with van der Waals surface area (Å²) in [5, 5.41) is 10.2.